The number of benzene rings is 1. The van der Waals surface area contributed by atoms with Crippen LogP contribution in [0.15, 0.2) is 24.3 Å². The Bertz CT molecular complexity index is 552. The van der Waals surface area contributed by atoms with Gasteiger partial charge in [-0.3, -0.25) is 14.8 Å². The molecule has 8 heteroatoms. The van der Waals surface area contributed by atoms with Crippen molar-refractivity contribution in [3.8, 4) is 5.75 Å². The molecule has 0 unspecified atom stereocenters. The zero-order valence-corrected chi connectivity index (χ0v) is 16.6. The summed E-state index contributed by atoms with van der Waals surface area (Å²) in [6, 6.07) is 7.95. The van der Waals surface area contributed by atoms with E-state index in [9.17, 15) is 9.90 Å². The van der Waals surface area contributed by atoms with Crippen molar-refractivity contribution in [1.29, 1.82) is 0 Å². The summed E-state index contributed by atoms with van der Waals surface area (Å²) in [6.45, 7) is 3.88. The fourth-order valence-electron chi connectivity index (χ4n) is 3.18. The van der Waals surface area contributed by atoms with E-state index in [4.69, 9.17) is 9.94 Å². The Hall–Kier alpha value is -1.32. The van der Waals surface area contributed by atoms with E-state index in [1.54, 1.807) is 5.64 Å². The minimum atomic E-state index is -0.966. The van der Waals surface area contributed by atoms with Crippen molar-refractivity contribution in [2.45, 2.75) is 32.3 Å². The summed E-state index contributed by atoms with van der Waals surface area (Å²) in [7, 11) is 0. The standard InChI is InChI=1S/C19H30N2O5S/c1-2-25-16-8-6-15(7-9-16)4-3-5-17(18(22)14-26-20-24)19(23)21-10-12-27-13-11-21/h6-9,17-18,20,22,24H,2-5,10-14H2,1H3/t17-,18-/m1/s1. The van der Waals surface area contributed by atoms with E-state index in [-0.39, 0.29) is 12.5 Å². The third kappa shape index (κ3) is 7.31. The van der Waals surface area contributed by atoms with Crippen LogP contribution < -0.4 is 10.4 Å². The Labute approximate surface area is 164 Å². The first kappa shape index (κ1) is 22.0. The number of nitrogens with zero attached hydrogens (tertiary/aromatic N) is 1. The molecule has 1 aliphatic rings. The van der Waals surface area contributed by atoms with E-state index in [0.717, 1.165) is 30.1 Å². The van der Waals surface area contributed by atoms with E-state index in [1.807, 2.05) is 47.9 Å². The summed E-state index contributed by atoms with van der Waals surface area (Å²) in [5.41, 5.74) is 2.74. The van der Waals surface area contributed by atoms with Gasteiger partial charge in [0, 0.05) is 24.6 Å². The highest BCUT2D eigenvalue weighted by Gasteiger charge is 2.31. The lowest BCUT2D eigenvalue weighted by Crippen LogP contribution is -2.46. The minimum Gasteiger partial charge on any atom is -0.494 e. The van der Waals surface area contributed by atoms with Gasteiger partial charge in [-0.05, 0) is 43.9 Å². The summed E-state index contributed by atoms with van der Waals surface area (Å²) < 4.78 is 5.45. The minimum absolute atomic E-state index is 0.0315. The van der Waals surface area contributed by atoms with Crippen LogP contribution in [-0.2, 0) is 16.1 Å². The van der Waals surface area contributed by atoms with Crippen molar-refractivity contribution in [3.05, 3.63) is 29.8 Å². The number of nitrogens with one attached hydrogen (secondary N) is 1. The van der Waals surface area contributed by atoms with Crippen molar-refractivity contribution in [3.63, 3.8) is 0 Å². The van der Waals surface area contributed by atoms with Crippen LogP contribution in [0.2, 0.25) is 0 Å². The molecule has 0 saturated carbocycles. The molecule has 1 amide bonds. The molecular weight excluding hydrogens is 368 g/mol. The number of rotatable bonds is 11. The molecule has 1 fully saturated rings. The molecule has 1 aromatic carbocycles. The second kappa shape index (κ2) is 12.2. The van der Waals surface area contributed by atoms with Crippen molar-refractivity contribution < 1.29 is 24.7 Å². The van der Waals surface area contributed by atoms with Gasteiger partial charge in [-0.25, -0.2) is 0 Å². The summed E-state index contributed by atoms with van der Waals surface area (Å²) in [4.78, 5) is 19.4. The van der Waals surface area contributed by atoms with Crippen LogP contribution in [0.25, 0.3) is 0 Å². The number of ether oxygens (including phenoxy) is 1. The van der Waals surface area contributed by atoms with Gasteiger partial charge in [0.1, 0.15) is 5.75 Å². The summed E-state index contributed by atoms with van der Waals surface area (Å²) in [5, 5.41) is 19.0. The Morgan fingerprint density at radius 1 is 1.30 bits per heavy atom. The van der Waals surface area contributed by atoms with Crippen LogP contribution in [0.4, 0.5) is 0 Å². The first-order valence-corrected chi connectivity index (χ1v) is 10.6. The molecule has 1 saturated heterocycles. The Balaban J connectivity index is 1.90. The molecule has 3 N–H and O–H groups in total. The van der Waals surface area contributed by atoms with E-state index in [1.165, 1.54) is 5.56 Å². The molecule has 0 radical (unpaired) electrons. The molecule has 0 aromatic heterocycles. The average Bonchev–Trinajstić information content (AvgIpc) is 2.71. The maximum absolute atomic E-state index is 12.9. The molecule has 7 nitrogen and oxygen atoms in total. The third-order valence-corrected chi connectivity index (χ3v) is 5.58. The number of hydrogen-bond donors (Lipinski definition) is 3. The van der Waals surface area contributed by atoms with Gasteiger partial charge in [-0.15, -0.1) is 0 Å². The molecule has 0 aliphatic carbocycles. The molecular formula is C19H30N2O5S. The molecule has 0 spiro atoms. The van der Waals surface area contributed by atoms with Crippen LogP contribution in [-0.4, -0.2) is 65.0 Å². The van der Waals surface area contributed by atoms with Gasteiger partial charge in [-0.2, -0.15) is 11.8 Å². The smallest absolute Gasteiger partial charge is 0.228 e. The van der Waals surface area contributed by atoms with E-state index in [0.29, 0.717) is 26.1 Å². The molecule has 1 heterocycles. The lowest BCUT2D eigenvalue weighted by Gasteiger charge is -2.32. The van der Waals surface area contributed by atoms with Gasteiger partial charge in [0.2, 0.25) is 5.91 Å². The highest BCUT2D eigenvalue weighted by Crippen LogP contribution is 2.21. The van der Waals surface area contributed by atoms with Crippen LogP contribution in [0.5, 0.6) is 5.75 Å². The summed E-state index contributed by atoms with van der Waals surface area (Å²) >= 11 is 1.84. The maximum Gasteiger partial charge on any atom is 0.228 e. The Morgan fingerprint density at radius 3 is 2.63 bits per heavy atom. The van der Waals surface area contributed by atoms with E-state index >= 15 is 0 Å². The van der Waals surface area contributed by atoms with Gasteiger partial charge in [0.25, 0.3) is 0 Å². The lowest BCUT2D eigenvalue weighted by molar-refractivity contribution is -0.162. The third-order valence-electron chi connectivity index (χ3n) is 4.64. The van der Waals surface area contributed by atoms with Crippen molar-refractivity contribution in [1.82, 2.24) is 10.5 Å². The largest absolute Gasteiger partial charge is 0.494 e. The Morgan fingerprint density at radius 2 is 2.00 bits per heavy atom. The van der Waals surface area contributed by atoms with Crippen LogP contribution in [0.1, 0.15) is 25.3 Å². The number of carbonyl (C=O) groups is 1. The number of aliphatic hydroxyl groups excluding tert-OH is 1. The number of amides is 1. The van der Waals surface area contributed by atoms with E-state index < -0.39 is 12.0 Å². The first-order chi connectivity index (χ1) is 13.2. The first-order valence-electron chi connectivity index (χ1n) is 9.43. The van der Waals surface area contributed by atoms with Gasteiger partial charge < -0.3 is 14.7 Å². The second-order valence-corrected chi connectivity index (χ2v) is 7.71. The molecule has 2 rings (SSSR count). The summed E-state index contributed by atoms with van der Waals surface area (Å²) in [5.74, 6) is 2.13. The second-order valence-electron chi connectivity index (χ2n) is 6.48. The predicted octanol–water partition coefficient (Wildman–Crippen LogP) is 1.87. The maximum atomic E-state index is 12.9. The van der Waals surface area contributed by atoms with Crippen molar-refractivity contribution >= 4 is 17.7 Å². The van der Waals surface area contributed by atoms with Crippen LogP contribution in [0.3, 0.4) is 0 Å². The van der Waals surface area contributed by atoms with Gasteiger partial charge >= 0.3 is 0 Å². The molecule has 0 bridgehead atoms. The van der Waals surface area contributed by atoms with Crippen LogP contribution in [0, 0.1) is 5.92 Å². The van der Waals surface area contributed by atoms with Gasteiger partial charge in [0.15, 0.2) is 0 Å². The highest BCUT2D eigenvalue weighted by atomic mass is 32.2. The van der Waals surface area contributed by atoms with E-state index in [2.05, 4.69) is 4.84 Å². The van der Waals surface area contributed by atoms with Crippen molar-refractivity contribution in [2.75, 3.05) is 37.8 Å². The normalized spacial score (nSPS) is 16.8. The summed E-state index contributed by atoms with van der Waals surface area (Å²) in [6.07, 6.45) is 1.19. The topological polar surface area (TPSA) is 91.3 Å². The number of carbonyl (C=O) groups excluding carboxylic acids is 1. The fourth-order valence-corrected chi connectivity index (χ4v) is 4.09. The SMILES string of the molecule is CCOc1ccc(CCC[C@@H](C(=O)N2CCSCC2)[C@H](O)CONO)cc1. The zero-order valence-electron chi connectivity index (χ0n) is 15.8. The molecule has 27 heavy (non-hydrogen) atoms. The number of aliphatic hydroxyl groups is 1. The highest BCUT2D eigenvalue weighted by molar-refractivity contribution is 7.99. The molecule has 152 valence electrons. The predicted molar refractivity (Wildman–Crippen MR) is 105 cm³/mol. The molecule has 2 atom stereocenters. The van der Waals surface area contributed by atoms with Gasteiger partial charge in [-0.1, -0.05) is 17.8 Å². The average molecular weight is 399 g/mol. The van der Waals surface area contributed by atoms with Crippen molar-refractivity contribution in [2.24, 2.45) is 5.92 Å². The Kier molecular flexibility index (Phi) is 9.93. The number of hydrogen-bond acceptors (Lipinski definition) is 7. The quantitative estimate of drug-likeness (QED) is 0.490. The monoisotopic (exact) mass is 398 g/mol. The zero-order chi connectivity index (χ0) is 19.5. The lowest BCUT2D eigenvalue weighted by atomic mass is 9.93. The number of thioether (sulfide) groups is 1. The molecule has 1 aliphatic heterocycles. The van der Waals surface area contributed by atoms with Gasteiger partial charge in [0.05, 0.1) is 25.2 Å². The molecule has 1 aromatic rings. The fraction of sp³-hybridized carbons (Fsp3) is 0.632. The number of aryl methyl sites for hydroxylation is 1. The van der Waals surface area contributed by atoms with Crippen LogP contribution >= 0.6 is 11.8 Å².